The third kappa shape index (κ3) is 3.77. The van der Waals surface area contributed by atoms with Crippen molar-refractivity contribution in [3.63, 3.8) is 0 Å². The Bertz CT molecular complexity index is 457. The summed E-state index contributed by atoms with van der Waals surface area (Å²) >= 11 is 6.27. The van der Waals surface area contributed by atoms with Crippen LogP contribution in [0.5, 0.6) is 11.5 Å². The van der Waals surface area contributed by atoms with Crippen molar-refractivity contribution >= 4 is 17.6 Å². The molecular formula is C14H19ClO4. The topological polar surface area (TPSA) is 55.8 Å². The van der Waals surface area contributed by atoms with Crippen molar-refractivity contribution in [2.24, 2.45) is 0 Å². The molecule has 0 saturated carbocycles. The van der Waals surface area contributed by atoms with E-state index in [4.69, 9.17) is 26.2 Å². The number of halogens is 1. The number of carboxylic acids is 1. The van der Waals surface area contributed by atoms with Gasteiger partial charge in [-0.05, 0) is 36.5 Å². The molecule has 0 unspecified atom stereocenters. The molecule has 0 heterocycles. The van der Waals surface area contributed by atoms with Crippen molar-refractivity contribution in [2.75, 3.05) is 14.2 Å². The van der Waals surface area contributed by atoms with E-state index in [9.17, 15) is 4.79 Å². The van der Waals surface area contributed by atoms with Crippen LogP contribution in [0.3, 0.4) is 0 Å². The third-order valence-electron chi connectivity index (χ3n) is 2.96. The van der Waals surface area contributed by atoms with Crippen molar-refractivity contribution in [3.05, 3.63) is 22.2 Å². The van der Waals surface area contributed by atoms with Crippen LogP contribution in [-0.2, 0) is 17.6 Å². The van der Waals surface area contributed by atoms with Crippen LogP contribution >= 0.6 is 11.6 Å². The van der Waals surface area contributed by atoms with E-state index < -0.39 is 5.97 Å². The molecule has 0 aliphatic carbocycles. The van der Waals surface area contributed by atoms with Gasteiger partial charge in [0.2, 0.25) is 0 Å². The molecular weight excluding hydrogens is 268 g/mol. The highest BCUT2D eigenvalue weighted by Gasteiger charge is 2.17. The van der Waals surface area contributed by atoms with Gasteiger partial charge in [0.1, 0.15) is 16.5 Å². The van der Waals surface area contributed by atoms with E-state index in [-0.39, 0.29) is 6.42 Å². The molecule has 0 amide bonds. The largest absolute Gasteiger partial charge is 0.495 e. The highest BCUT2D eigenvalue weighted by molar-refractivity contribution is 6.33. The van der Waals surface area contributed by atoms with E-state index in [0.29, 0.717) is 29.4 Å². The lowest BCUT2D eigenvalue weighted by atomic mass is 10.0. The zero-order valence-electron chi connectivity index (χ0n) is 11.5. The number of hydrogen-bond donors (Lipinski definition) is 1. The number of methoxy groups -OCH3 is 2. The third-order valence-corrected chi connectivity index (χ3v) is 3.30. The van der Waals surface area contributed by atoms with Crippen LogP contribution in [0.15, 0.2) is 6.07 Å². The lowest BCUT2D eigenvalue weighted by molar-refractivity contribution is -0.137. The van der Waals surface area contributed by atoms with Crippen LogP contribution in [0.4, 0.5) is 0 Å². The van der Waals surface area contributed by atoms with Gasteiger partial charge in [0, 0.05) is 6.42 Å². The quantitative estimate of drug-likeness (QED) is 0.835. The number of rotatable bonds is 7. The predicted octanol–water partition coefficient (Wildman–Crippen LogP) is 3.33. The molecule has 1 aromatic carbocycles. The number of aryl methyl sites for hydroxylation is 2. The molecule has 0 saturated heterocycles. The van der Waals surface area contributed by atoms with Crippen LogP contribution in [0.25, 0.3) is 0 Å². The Morgan fingerprint density at radius 1 is 1.26 bits per heavy atom. The first kappa shape index (κ1) is 15.6. The number of ether oxygens (including phenoxy) is 2. The van der Waals surface area contributed by atoms with Crippen LogP contribution in [-0.4, -0.2) is 25.3 Å². The fourth-order valence-electron chi connectivity index (χ4n) is 2.05. The maximum atomic E-state index is 10.6. The SMILES string of the molecule is CCc1cc(CCCC(=O)O)c(OC)c(Cl)c1OC. The number of aliphatic carboxylic acids is 1. The second-order valence-electron chi connectivity index (χ2n) is 4.18. The average Bonchev–Trinajstić information content (AvgIpc) is 2.37. The zero-order valence-corrected chi connectivity index (χ0v) is 12.2. The number of benzene rings is 1. The van der Waals surface area contributed by atoms with E-state index in [1.165, 1.54) is 0 Å². The van der Waals surface area contributed by atoms with E-state index in [1.807, 2.05) is 13.0 Å². The first-order valence-electron chi connectivity index (χ1n) is 6.19. The molecule has 19 heavy (non-hydrogen) atoms. The van der Waals surface area contributed by atoms with E-state index >= 15 is 0 Å². The summed E-state index contributed by atoms with van der Waals surface area (Å²) in [5.41, 5.74) is 1.92. The molecule has 1 rings (SSSR count). The highest BCUT2D eigenvalue weighted by Crippen LogP contribution is 2.40. The predicted molar refractivity (Wildman–Crippen MR) is 74.5 cm³/mol. The van der Waals surface area contributed by atoms with Crippen LogP contribution in [0, 0.1) is 0 Å². The summed E-state index contributed by atoms with van der Waals surface area (Å²) in [6.45, 7) is 2.02. The van der Waals surface area contributed by atoms with Crippen molar-refractivity contribution < 1.29 is 19.4 Å². The summed E-state index contributed by atoms with van der Waals surface area (Å²) in [5, 5.41) is 9.13. The molecule has 0 aliphatic heterocycles. The molecule has 1 N–H and O–H groups in total. The van der Waals surface area contributed by atoms with Crippen LogP contribution < -0.4 is 9.47 Å². The summed E-state index contributed by atoms with van der Waals surface area (Å²) in [6, 6.07) is 1.98. The molecule has 4 nitrogen and oxygen atoms in total. The summed E-state index contributed by atoms with van der Waals surface area (Å²) in [5.74, 6) is 0.401. The Kier molecular flexibility index (Phi) is 5.96. The Hall–Kier alpha value is -1.42. The van der Waals surface area contributed by atoms with E-state index in [1.54, 1.807) is 14.2 Å². The molecule has 1 aromatic rings. The second-order valence-corrected chi connectivity index (χ2v) is 4.55. The van der Waals surface area contributed by atoms with Gasteiger partial charge in [0.25, 0.3) is 0 Å². The first-order valence-corrected chi connectivity index (χ1v) is 6.56. The van der Waals surface area contributed by atoms with Gasteiger partial charge in [-0.1, -0.05) is 18.5 Å². The van der Waals surface area contributed by atoms with Crippen molar-refractivity contribution in [1.29, 1.82) is 0 Å². The van der Waals surface area contributed by atoms with Gasteiger partial charge in [0.05, 0.1) is 14.2 Å². The molecule has 0 bridgehead atoms. The molecule has 5 heteroatoms. The summed E-state index contributed by atoms with van der Waals surface area (Å²) in [7, 11) is 3.12. The van der Waals surface area contributed by atoms with Gasteiger partial charge in [-0.2, -0.15) is 0 Å². The molecule has 0 aliphatic rings. The Morgan fingerprint density at radius 3 is 2.32 bits per heavy atom. The standard InChI is InChI=1S/C14H19ClO4/c1-4-9-8-10(6-5-7-11(16)17)14(19-3)12(15)13(9)18-2/h8H,4-7H2,1-3H3,(H,16,17). The van der Waals surface area contributed by atoms with Crippen LogP contribution in [0.2, 0.25) is 5.02 Å². The van der Waals surface area contributed by atoms with E-state index in [2.05, 4.69) is 0 Å². The fourth-order valence-corrected chi connectivity index (χ4v) is 2.44. The van der Waals surface area contributed by atoms with Gasteiger partial charge < -0.3 is 14.6 Å². The average molecular weight is 287 g/mol. The molecule has 0 fully saturated rings. The summed E-state index contributed by atoms with van der Waals surface area (Å²) in [6.07, 6.45) is 2.09. The van der Waals surface area contributed by atoms with Crippen molar-refractivity contribution in [3.8, 4) is 11.5 Å². The van der Waals surface area contributed by atoms with Gasteiger partial charge in [-0.3, -0.25) is 4.79 Å². The van der Waals surface area contributed by atoms with Gasteiger partial charge in [-0.15, -0.1) is 0 Å². The fraction of sp³-hybridized carbons (Fsp3) is 0.500. The highest BCUT2D eigenvalue weighted by atomic mass is 35.5. The minimum atomic E-state index is -0.797. The Morgan fingerprint density at radius 2 is 1.84 bits per heavy atom. The van der Waals surface area contributed by atoms with Gasteiger partial charge >= 0.3 is 5.97 Å². The van der Waals surface area contributed by atoms with Gasteiger partial charge in [0.15, 0.2) is 0 Å². The number of carboxylic acid groups (broad SMARTS) is 1. The summed E-state index contributed by atoms with van der Waals surface area (Å²) in [4.78, 5) is 10.6. The smallest absolute Gasteiger partial charge is 0.303 e. The molecule has 0 aromatic heterocycles. The lowest BCUT2D eigenvalue weighted by Crippen LogP contribution is -2.01. The van der Waals surface area contributed by atoms with Crippen LogP contribution in [0.1, 0.15) is 30.9 Å². The summed E-state index contributed by atoms with van der Waals surface area (Å²) < 4.78 is 10.6. The molecule has 0 spiro atoms. The maximum absolute atomic E-state index is 10.6. The number of carbonyl (C=O) groups is 1. The normalized spacial score (nSPS) is 10.3. The molecule has 0 atom stereocenters. The second kappa shape index (κ2) is 7.24. The van der Waals surface area contributed by atoms with Gasteiger partial charge in [-0.25, -0.2) is 0 Å². The van der Waals surface area contributed by atoms with E-state index in [0.717, 1.165) is 17.5 Å². The monoisotopic (exact) mass is 286 g/mol. The van der Waals surface area contributed by atoms with Crippen molar-refractivity contribution in [1.82, 2.24) is 0 Å². The Labute approximate surface area is 118 Å². The zero-order chi connectivity index (χ0) is 14.4. The number of hydrogen-bond acceptors (Lipinski definition) is 3. The molecule has 0 radical (unpaired) electrons. The molecule has 106 valence electrons. The lowest BCUT2D eigenvalue weighted by Gasteiger charge is -2.16. The first-order chi connectivity index (χ1) is 9.04. The van der Waals surface area contributed by atoms with Crippen molar-refractivity contribution in [2.45, 2.75) is 32.6 Å². The Balaban J connectivity index is 3.08. The minimum absolute atomic E-state index is 0.133. The maximum Gasteiger partial charge on any atom is 0.303 e. The minimum Gasteiger partial charge on any atom is -0.495 e.